The second-order valence-electron chi connectivity index (χ2n) is 5.01. The minimum absolute atomic E-state index is 0.270. The molecule has 4 heteroatoms. The molecule has 0 saturated carbocycles. The highest BCUT2D eigenvalue weighted by molar-refractivity contribution is 5.83. The van der Waals surface area contributed by atoms with Gasteiger partial charge in [-0.25, -0.2) is 4.99 Å². The standard InChI is InChI=1S/C12H22N4/c1-2-6-16-7-3-10(9-16)12(14)4-5-15-11(13)8-12/h4-5,10H,2-3,6-9,14H2,1H3,(H2,13,15)/t10-,12?/m0/s1. The number of likely N-dealkylation sites (tertiary alicyclic amines) is 1. The molecule has 0 spiro atoms. The van der Waals surface area contributed by atoms with E-state index in [1.54, 1.807) is 6.20 Å². The van der Waals surface area contributed by atoms with E-state index in [1.807, 2.05) is 6.08 Å². The molecule has 0 aromatic heterocycles. The molecule has 2 rings (SSSR count). The van der Waals surface area contributed by atoms with Crippen molar-refractivity contribution in [1.29, 1.82) is 0 Å². The summed E-state index contributed by atoms with van der Waals surface area (Å²) in [5.74, 6) is 1.18. The fourth-order valence-electron chi connectivity index (χ4n) is 2.76. The van der Waals surface area contributed by atoms with E-state index in [1.165, 1.54) is 25.9 Å². The van der Waals surface area contributed by atoms with Crippen molar-refractivity contribution in [3.05, 3.63) is 12.3 Å². The van der Waals surface area contributed by atoms with Gasteiger partial charge >= 0.3 is 0 Å². The Balaban J connectivity index is 1.99. The molecule has 0 aliphatic carbocycles. The van der Waals surface area contributed by atoms with Crippen LogP contribution in [0.3, 0.4) is 0 Å². The minimum atomic E-state index is -0.270. The van der Waals surface area contributed by atoms with Crippen LogP contribution in [0.4, 0.5) is 0 Å². The van der Waals surface area contributed by atoms with Gasteiger partial charge in [0, 0.05) is 24.7 Å². The first-order valence-electron chi connectivity index (χ1n) is 6.15. The van der Waals surface area contributed by atoms with Crippen LogP contribution < -0.4 is 11.5 Å². The van der Waals surface area contributed by atoms with Gasteiger partial charge in [0.25, 0.3) is 0 Å². The van der Waals surface area contributed by atoms with Gasteiger partial charge in [0.2, 0.25) is 0 Å². The molecule has 0 bridgehead atoms. The van der Waals surface area contributed by atoms with Crippen LogP contribution in [0.25, 0.3) is 0 Å². The predicted octanol–water partition coefficient (Wildman–Crippen LogP) is 0.690. The Morgan fingerprint density at radius 2 is 2.44 bits per heavy atom. The molecule has 2 heterocycles. The highest BCUT2D eigenvalue weighted by Crippen LogP contribution is 2.31. The Labute approximate surface area is 97.4 Å². The molecule has 90 valence electrons. The zero-order valence-corrected chi connectivity index (χ0v) is 10.0. The highest BCUT2D eigenvalue weighted by atomic mass is 15.1. The van der Waals surface area contributed by atoms with Crippen LogP contribution in [-0.2, 0) is 0 Å². The molecule has 4 nitrogen and oxygen atoms in total. The van der Waals surface area contributed by atoms with Crippen LogP contribution in [0.2, 0.25) is 0 Å². The maximum absolute atomic E-state index is 6.44. The molecule has 0 radical (unpaired) electrons. The monoisotopic (exact) mass is 222 g/mol. The van der Waals surface area contributed by atoms with Crippen molar-refractivity contribution in [3.8, 4) is 0 Å². The highest BCUT2D eigenvalue weighted by Gasteiger charge is 2.38. The van der Waals surface area contributed by atoms with Gasteiger partial charge in [0.15, 0.2) is 0 Å². The maximum atomic E-state index is 6.44. The first kappa shape index (κ1) is 11.6. The van der Waals surface area contributed by atoms with E-state index in [2.05, 4.69) is 16.8 Å². The summed E-state index contributed by atoms with van der Waals surface area (Å²) < 4.78 is 0. The van der Waals surface area contributed by atoms with E-state index in [0.717, 1.165) is 6.54 Å². The van der Waals surface area contributed by atoms with Crippen molar-refractivity contribution in [1.82, 2.24) is 4.90 Å². The largest absolute Gasteiger partial charge is 0.387 e. The Hall–Kier alpha value is -0.870. The van der Waals surface area contributed by atoms with E-state index in [-0.39, 0.29) is 5.54 Å². The molecule has 16 heavy (non-hydrogen) atoms. The molecule has 1 saturated heterocycles. The molecule has 0 aromatic rings. The van der Waals surface area contributed by atoms with E-state index in [0.29, 0.717) is 18.2 Å². The lowest BCUT2D eigenvalue weighted by Crippen LogP contribution is -2.50. The molecular formula is C12H22N4. The van der Waals surface area contributed by atoms with Gasteiger partial charge in [0.05, 0.1) is 0 Å². The summed E-state index contributed by atoms with van der Waals surface area (Å²) in [6, 6.07) is 0. The average molecular weight is 222 g/mol. The minimum Gasteiger partial charge on any atom is -0.387 e. The van der Waals surface area contributed by atoms with Crippen molar-refractivity contribution in [2.45, 2.75) is 31.7 Å². The third kappa shape index (κ3) is 2.28. The number of nitrogens with two attached hydrogens (primary N) is 2. The van der Waals surface area contributed by atoms with Gasteiger partial charge in [-0.2, -0.15) is 0 Å². The molecule has 1 unspecified atom stereocenters. The van der Waals surface area contributed by atoms with Crippen molar-refractivity contribution in [2.24, 2.45) is 22.4 Å². The number of nitrogens with zero attached hydrogens (tertiary/aromatic N) is 2. The Bertz CT molecular complexity index is 310. The first-order chi connectivity index (χ1) is 7.64. The predicted molar refractivity (Wildman–Crippen MR) is 67.1 cm³/mol. The average Bonchev–Trinajstić information content (AvgIpc) is 2.67. The number of hydrogen-bond acceptors (Lipinski definition) is 4. The second kappa shape index (κ2) is 4.55. The fourth-order valence-corrected chi connectivity index (χ4v) is 2.76. The lowest BCUT2D eigenvalue weighted by molar-refractivity contribution is 0.289. The molecule has 1 fully saturated rings. The third-order valence-corrected chi connectivity index (χ3v) is 3.68. The normalized spacial score (nSPS) is 35.4. The van der Waals surface area contributed by atoms with E-state index < -0.39 is 0 Å². The summed E-state index contributed by atoms with van der Waals surface area (Å²) in [7, 11) is 0. The maximum Gasteiger partial charge on any atom is 0.101 e. The van der Waals surface area contributed by atoms with E-state index in [9.17, 15) is 0 Å². The lowest BCUT2D eigenvalue weighted by Gasteiger charge is -2.33. The quantitative estimate of drug-likeness (QED) is 0.738. The van der Waals surface area contributed by atoms with Gasteiger partial charge in [-0.1, -0.05) is 6.92 Å². The van der Waals surface area contributed by atoms with Crippen LogP contribution in [0.5, 0.6) is 0 Å². The molecular weight excluding hydrogens is 200 g/mol. The summed E-state index contributed by atoms with van der Waals surface area (Å²) in [5, 5.41) is 0. The van der Waals surface area contributed by atoms with Crippen LogP contribution in [0.15, 0.2) is 17.3 Å². The number of aliphatic imine (C=N–C) groups is 1. The summed E-state index contributed by atoms with van der Waals surface area (Å²) >= 11 is 0. The van der Waals surface area contributed by atoms with Gasteiger partial charge in [0.1, 0.15) is 5.84 Å². The molecule has 0 aromatic carbocycles. The smallest absolute Gasteiger partial charge is 0.101 e. The number of hydrogen-bond donors (Lipinski definition) is 2. The zero-order chi connectivity index (χ0) is 11.6. The Morgan fingerprint density at radius 3 is 3.12 bits per heavy atom. The molecule has 4 N–H and O–H groups in total. The number of rotatable bonds is 3. The van der Waals surface area contributed by atoms with Gasteiger partial charge in [-0.3, -0.25) is 0 Å². The van der Waals surface area contributed by atoms with Crippen LogP contribution in [0, 0.1) is 5.92 Å². The second-order valence-corrected chi connectivity index (χ2v) is 5.01. The third-order valence-electron chi connectivity index (χ3n) is 3.68. The van der Waals surface area contributed by atoms with E-state index in [4.69, 9.17) is 11.5 Å². The molecule has 0 amide bonds. The van der Waals surface area contributed by atoms with Crippen LogP contribution in [-0.4, -0.2) is 35.9 Å². The van der Waals surface area contributed by atoms with E-state index >= 15 is 0 Å². The summed E-state index contributed by atoms with van der Waals surface area (Å²) in [5.41, 5.74) is 11.9. The lowest BCUT2D eigenvalue weighted by atomic mass is 9.80. The topological polar surface area (TPSA) is 67.6 Å². The molecule has 2 atom stereocenters. The van der Waals surface area contributed by atoms with Gasteiger partial charge in [-0.15, -0.1) is 0 Å². The van der Waals surface area contributed by atoms with Crippen molar-refractivity contribution in [2.75, 3.05) is 19.6 Å². The van der Waals surface area contributed by atoms with Crippen molar-refractivity contribution in [3.63, 3.8) is 0 Å². The SMILES string of the molecule is CCCN1CC[C@H](C2(N)C=CN=C(N)C2)C1. The van der Waals surface area contributed by atoms with Crippen molar-refractivity contribution < 1.29 is 0 Å². The van der Waals surface area contributed by atoms with Crippen LogP contribution in [0.1, 0.15) is 26.2 Å². The summed E-state index contributed by atoms with van der Waals surface area (Å²) in [6.07, 6.45) is 6.89. The number of amidine groups is 1. The fraction of sp³-hybridized carbons (Fsp3) is 0.750. The molecule has 2 aliphatic rings. The Kier molecular flexibility index (Phi) is 3.30. The summed E-state index contributed by atoms with van der Waals surface area (Å²) in [4.78, 5) is 6.57. The first-order valence-corrected chi connectivity index (χ1v) is 6.15. The van der Waals surface area contributed by atoms with Gasteiger partial charge in [-0.05, 0) is 37.9 Å². The Morgan fingerprint density at radius 1 is 1.62 bits per heavy atom. The van der Waals surface area contributed by atoms with Crippen LogP contribution >= 0.6 is 0 Å². The molecule has 2 aliphatic heterocycles. The summed E-state index contributed by atoms with van der Waals surface area (Å²) in [6.45, 7) is 5.67. The van der Waals surface area contributed by atoms with Crippen molar-refractivity contribution >= 4 is 5.84 Å². The van der Waals surface area contributed by atoms with Gasteiger partial charge < -0.3 is 16.4 Å². The zero-order valence-electron chi connectivity index (χ0n) is 10.0.